The molecule has 0 fully saturated rings. The first-order chi connectivity index (χ1) is 6.97. The van der Waals surface area contributed by atoms with Crippen LogP contribution in [-0.4, -0.2) is 35.0 Å². The number of thioether (sulfide) groups is 1. The summed E-state index contributed by atoms with van der Waals surface area (Å²) in [6, 6.07) is -0.751. The third-order valence-corrected chi connectivity index (χ3v) is 2.49. The number of carbonyl (C=O) groups excluding carboxylic acids is 1. The molecule has 0 unspecified atom stereocenters. The second-order valence-electron chi connectivity index (χ2n) is 3.83. The van der Waals surface area contributed by atoms with Crippen LogP contribution in [0.3, 0.4) is 0 Å². The van der Waals surface area contributed by atoms with E-state index < -0.39 is 12.0 Å². The van der Waals surface area contributed by atoms with Gasteiger partial charge in [-0.2, -0.15) is 11.8 Å². The molecule has 4 nitrogen and oxygen atoms in total. The van der Waals surface area contributed by atoms with Crippen LogP contribution in [0.2, 0.25) is 0 Å². The first-order valence-electron chi connectivity index (χ1n) is 4.98. The Morgan fingerprint density at radius 2 is 2.00 bits per heavy atom. The second-order valence-corrected chi connectivity index (χ2v) is 4.82. The minimum Gasteiger partial charge on any atom is -0.480 e. The van der Waals surface area contributed by atoms with Crippen LogP contribution in [0.25, 0.3) is 0 Å². The molecule has 0 aliphatic carbocycles. The van der Waals surface area contributed by atoms with E-state index in [1.54, 1.807) is 11.8 Å². The Kier molecular flexibility index (Phi) is 7.21. The average Bonchev–Trinajstić information content (AvgIpc) is 2.12. The van der Waals surface area contributed by atoms with Gasteiger partial charge in [0.1, 0.15) is 6.04 Å². The second kappa shape index (κ2) is 7.56. The summed E-state index contributed by atoms with van der Waals surface area (Å²) in [4.78, 5) is 22.1. The van der Waals surface area contributed by atoms with Crippen molar-refractivity contribution in [2.24, 2.45) is 5.92 Å². The molecule has 0 saturated carbocycles. The van der Waals surface area contributed by atoms with E-state index in [2.05, 4.69) is 5.32 Å². The maximum Gasteiger partial charge on any atom is 0.326 e. The van der Waals surface area contributed by atoms with Gasteiger partial charge in [0.05, 0.1) is 0 Å². The lowest BCUT2D eigenvalue weighted by Crippen LogP contribution is -2.41. The molecular weight excluding hydrogens is 214 g/mol. The number of carbonyl (C=O) groups is 2. The highest BCUT2D eigenvalue weighted by molar-refractivity contribution is 7.98. The predicted molar refractivity (Wildman–Crippen MR) is 62.0 cm³/mol. The number of hydrogen-bond acceptors (Lipinski definition) is 3. The number of nitrogens with one attached hydrogen (secondary N) is 1. The molecule has 0 radical (unpaired) electrons. The van der Waals surface area contributed by atoms with Crippen LogP contribution in [-0.2, 0) is 9.59 Å². The van der Waals surface area contributed by atoms with Crippen molar-refractivity contribution in [1.29, 1.82) is 0 Å². The van der Waals surface area contributed by atoms with Crippen LogP contribution in [0.15, 0.2) is 0 Å². The van der Waals surface area contributed by atoms with Gasteiger partial charge in [0.2, 0.25) is 5.91 Å². The smallest absolute Gasteiger partial charge is 0.326 e. The van der Waals surface area contributed by atoms with Crippen molar-refractivity contribution in [3.05, 3.63) is 0 Å². The molecule has 0 bridgehead atoms. The monoisotopic (exact) mass is 233 g/mol. The standard InChI is InChI=1S/C10H19NO3S/c1-7(2)6-8(10(13)14)11-9(12)4-5-15-3/h7-8H,4-6H2,1-3H3,(H,11,12)(H,13,14)/t8-/m0/s1. The minimum absolute atomic E-state index is 0.183. The van der Waals surface area contributed by atoms with Gasteiger partial charge in [-0.1, -0.05) is 13.8 Å². The Hall–Kier alpha value is -0.710. The zero-order chi connectivity index (χ0) is 11.8. The van der Waals surface area contributed by atoms with Gasteiger partial charge >= 0.3 is 5.97 Å². The van der Waals surface area contributed by atoms with Gasteiger partial charge in [0.25, 0.3) is 0 Å². The van der Waals surface area contributed by atoms with Crippen LogP contribution in [0.4, 0.5) is 0 Å². The summed E-state index contributed by atoms with van der Waals surface area (Å²) in [6.07, 6.45) is 2.76. The summed E-state index contributed by atoms with van der Waals surface area (Å²) >= 11 is 1.57. The molecule has 0 rings (SSSR count). The molecule has 0 aromatic heterocycles. The van der Waals surface area contributed by atoms with Crippen LogP contribution in [0.5, 0.6) is 0 Å². The number of carboxylic acids is 1. The normalized spacial score (nSPS) is 12.5. The molecule has 0 aromatic rings. The highest BCUT2D eigenvalue weighted by Gasteiger charge is 2.20. The highest BCUT2D eigenvalue weighted by Crippen LogP contribution is 2.05. The van der Waals surface area contributed by atoms with Gasteiger partial charge in [-0.05, 0) is 18.6 Å². The van der Waals surface area contributed by atoms with Gasteiger partial charge in [0, 0.05) is 12.2 Å². The van der Waals surface area contributed by atoms with Crippen molar-refractivity contribution >= 4 is 23.6 Å². The van der Waals surface area contributed by atoms with Crippen molar-refractivity contribution in [2.75, 3.05) is 12.0 Å². The van der Waals surface area contributed by atoms with Gasteiger partial charge in [-0.15, -0.1) is 0 Å². The number of aliphatic carboxylic acids is 1. The van der Waals surface area contributed by atoms with Crippen molar-refractivity contribution in [3.8, 4) is 0 Å². The summed E-state index contributed by atoms with van der Waals surface area (Å²) in [7, 11) is 0. The van der Waals surface area contributed by atoms with Gasteiger partial charge in [0.15, 0.2) is 0 Å². The van der Waals surface area contributed by atoms with Crippen molar-refractivity contribution < 1.29 is 14.7 Å². The molecule has 88 valence electrons. The third kappa shape index (κ3) is 7.25. The topological polar surface area (TPSA) is 66.4 Å². The number of hydrogen-bond donors (Lipinski definition) is 2. The lowest BCUT2D eigenvalue weighted by atomic mass is 10.0. The first kappa shape index (κ1) is 14.3. The summed E-state index contributed by atoms with van der Waals surface area (Å²) < 4.78 is 0. The Morgan fingerprint density at radius 3 is 2.40 bits per heavy atom. The minimum atomic E-state index is -0.957. The van der Waals surface area contributed by atoms with Crippen LogP contribution in [0, 0.1) is 5.92 Å². The summed E-state index contributed by atoms with van der Waals surface area (Å²) in [5, 5.41) is 11.4. The average molecular weight is 233 g/mol. The molecule has 0 saturated heterocycles. The molecule has 2 N–H and O–H groups in total. The van der Waals surface area contributed by atoms with Crippen molar-refractivity contribution in [1.82, 2.24) is 5.32 Å². The van der Waals surface area contributed by atoms with E-state index in [0.29, 0.717) is 12.8 Å². The number of rotatable bonds is 7. The highest BCUT2D eigenvalue weighted by atomic mass is 32.2. The Bertz CT molecular complexity index is 219. The third-order valence-electron chi connectivity index (χ3n) is 1.87. The summed E-state index contributed by atoms with van der Waals surface area (Å²) in [6.45, 7) is 3.87. The summed E-state index contributed by atoms with van der Waals surface area (Å²) in [5.74, 6) is -0.162. The molecular formula is C10H19NO3S. The van der Waals surface area contributed by atoms with E-state index >= 15 is 0 Å². The van der Waals surface area contributed by atoms with Crippen LogP contribution < -0.4 is 5.32 Å². The lowest BCUT2D eigenvalue weighted by molar-refractivity contribution is -0.142. The van der Waals surface area contributed by atoms with E-state index in [0.717, 1.165) is 5.75 Å². The predicted octanol–water partition coefficient (Wildman–Crippen LogP) is 1.35. The lowest BCUT2D eigenvalue weighted by Gasteiger charge is -2.16. The zero-order valence-electron chi connectivity index (χ0n) is 9.45. The fraction of sp³-hybridized carbons (Fsp3) is 0.800. The SMILES string of the molecule is CSCCC(=O)N[C@@H](CC(C)C)C(=O)O. The largest absolute Gasteiger partial charge is 0.480 e. The molecule has 1 amide bonds. The fourth-order valence-electron chi connectivity index (χ4n) is 1.15. The van der Waals surface area contributed by atoms with Crippen LogP contribution >= 0.6 is 11.8 Å². The Labute approximate surface area is 94.8 Å². The van der Waals surface area contributed by atoms with E-state index in [1.807, 2.05) is 20.1 Å². The quantitative estimate of drug-likeness (QED) is 0.696. The Balaban J connectivity index is 4.05. The van der Waals surface area contributed by atoms with E-state index in [9.17, 15) is 9.59 Å². The van der Waals surface area contributed by atoms with Gasteiger partial charge in [-0.3, -0.25) is 4.79 Å². The molecule has 0 aliphatic rings. The molecule has 0 aliphatic heterocycles. The Morgan fingerprint density at radius 1 is 1.40 bits per heavy atom. The van der Waals surface area contributed by atoms with E-state index in [1.165, 1.54) is 0 Å². The molecule has 0 heterocycles. The first-order valence-corrected chi connectivity index (χ1v) is 6.37. The molecule has 0 aromatic carbocycles. The maximum absolute atomic E-state index is 11.3. The van der Waals surface area contributed by atoms with Gasteiger partial charge < -0.3 is 10.4 Å². The summed E-state index contributed by atoms with van der Waals surface area (Å²) in [5.41, 5.74) is 0. The molecule has 0 spiro atoms. The number of carboxylic acid groups (broad SMARTS) is 1. The van der Waals surface area contributed by atoms with Crippen molar-refractivity contribution in [3.63, 3.8) is 0 Å². The molecule has 15 heavy (non-hydrogen) atoms. The fourth-order valence-corrected chi connectivity index (χ4v) is 1.54. The number of amides is 1. The maximum atomic E-state index is 11.3. The van der Waals surface area contributed by atoms with Crippen LogP contribution in [0.1, 0.15) is 26.7 Å². The molecule has 5 heteroatoms. The van der Waals surface area contributed by atoms with Crippen molar-refractivity contribution in [2.45, 2.75) is 32.7 Å². The van der Waals surface area contributed by atoms with E-state index in [-0.39, 0.29) is 11.8 Å². The zero-order valence-corrected chi connectivity index (χ0v) is 10.3. The molecule has 1 atom stereocenters. The van der Waals surface area contributed by atoms with E-state index in [4.69, 9.17) is 5.11 Å². The van der Waals surface area contributed by atoms with Gasteiger partial charge in [-0.25, -0.2) is 4.79 Å².